The Balaban J connectivity index is 1.77. The monoisotopic (exact) mass is 313 g/mol. The van der Waals surface area contributed by atoms with E-state index in [1.165, 1.54) is 0 Å². The molecule has 0 saturated carbocycles. The van der Waals surface area contributed by atoms with E-state index in [1.807, 2.05) is 42.5 Å². The Morgan fingerprint density at radius 1 is 0.958 bits per heavy atom. The van der Waals surface area contributed by atoms with E-state index in [1.54, 1.807) is 30.5 Å². The van der Waals surface area contributed by atoms with Crippen molar-refractivity contribution in [2.75, 3.05) is 5.32 Å². The molecule has 0 amide bonds. The summed E-state index contributed by atoms with van der Waals surface area (Å²) < 4.78 is 0. The molecule has 0 unspecified atom stereocenters. The minimum absolute atomic E-state index is 0.178. The van der Waals surface area contributed by atoms with Crippen LogP contribution in [-0.4, -0.2) is 10.9 Å². The highest BCUT2D eigenvalue weighted by molar-refractivity contribution is 5.94. The first-order chi connectivity index (χ1) is 11.8. The van der Waals surface area contributed by atoms with Crippen molar-refractivity contribution in [3.63, 3.8) is 0 Å². The summed E-state index contributed by atoms with van der Waals surface area (Å²) in [5.41, 5.74) is 9.12. The van der Waals surface area contributed by atoms with Gasteiger partial charge in [0.15, 0.2) is 11.8 Å². The molecule has 0 aliphatic rings. The minimum Gasteiger partial charge on any atom is -0.369 e. The number of benzene rings is 2. The first kappa shape index (κ1) is 15.3. The van der Waals surface area contributed by atoms with Crippen molar-refractivity contribution in [2.45, 2.75) is 0 Å². The molecule has 0 bridgehead atoms. The fourth-order valence-corrected chi connectivity index (χ4v) is 2.23. The topological polar surface area (TPSA) is 87.1 Å². The molecule has 0 aliphatic carbocycles. The van der Waals surface area contributed by atoms with Gasteiger partial charge in [-0.25, -0.2) is 4.98 Å². The van der Waals surface area contributed by atoms with E-state index >= 15 is 0 Å². The number of nitrogens with two attached hydrogens (primary N) is 1. The Hall–Kier alpha value is -3.65. The predicted octanol–water partition coefficient (Wildman–Crippen LogP) is 3.68. The number of aromatic nitrogens is 1. The van der Waals surface area contributed by atoms with E-state index in [4.69, 9.17) is 11.0 Å². The number of pyridine rings is 1. The number of anilines is 1. The quantitative estimate of drug-likeness (QED) is 0.570. The number of guanidine groups is 1. The second-order valence-electron chi connectivity index (χ2n) is 5.05. The number of para-hydroxylation sites is 1. The number of hydrogen-bond donors (Lipinski definition) is 2. The van der Waals surface area contributed by atoms with Gasteiger partial charge in [-0.1, -0.05) is 42.5 Å². The van der Waals surface area contributed by atoms with E-state index < -0.39 is 0 Å². The van der Waals surface area contributed by atoms with Crippen LogP contribution < -0.4 is 11.1 Å². The normalized spacial score (nSPS) is 10.9. The summed E-state index contributed by atoms with van der Waals surface area (Å²) in [4.78, 5) is 8.53. The molecule has 0 aliphatic heterocycles. The molecule has 0 saturated heterocycles. The maximum absolute atomic E-state index is 9.08. The Morgan fingerprint density at radius 3 is 2.42 bits per heavy atom. The highest BCUT2D eigenvalue weighted by Crippen LogP contribution is 2.20. The van der Waals surface area contributed by atoms with Gasteiger partial charge in [0.25, 0.3) is 0 Å². The average molecular weight is 313 g/mol. The van der Waals surface area contributed by atoms with Gasteiger partial charge in [0.2, 0.25) is 0 Å². The van der Waals surface area contributed by atoms with Gasteiger partial charge in [0.1, 0.15) is 6.07 Å². The van der Waals surface area contributed by atoms with Crippen LogP contribution in [0.2, 0.25) is 0 Å². The lowest BCUT2D eigenvalue weighted by Crippen LogP contribution is -2.22. The van der Waals surface area contributed by atoms with Gasteiger partial charge in [-0.15, -0.1) is 0 Å². The zero-order chi connectivity index (χ0) is 16.8. The first-order valence-electron chi connectivity index (χ1n) is 7.38. The molecule has 1 aromatic heterocycles. The van der Waals surface area contributed by atoms with Crippen molar-refractivity contribution >= 4 is 17.5 Å². The highest BCUT2D eigenvalue weighted by Gasteiger charge is 2.03. The van der Waals surface area contributed by atoms with Crippen molar-refractivity contribution in [1.82, 2.24) is 4.98 Å². The van der Waals surface area contributed by atoms with Crippen molar-refractivity contribution in [3.8, 4) is 17.2 Å². The molecular formula is C19H15N5. The number of nitrogens with zero attached hydrogens (tertiary/aromatic N) is 3. The fraction of sp³-hybridized carbons (Fsp3) is 0. The molecule has 3 rings (SSSR count). The zero-order valence-corrected chi connectivity index (χ0v) is 12.8. The standard InChI is InChI=1S/C19H15N5/c20-12-15-8-4-5-9-17(15)23-19(21)24-18-11-10-16(13-22-18)14-6-2-1-3-7-14/h1-11,13H,(H3,21,22,23,24). The maximum Gasteiger partial charge on any atom is 0.199 e. The van der Waals surface area contributed by atoms with Crippen molar-refractivity contribution in [2.24, 2.45) is 10.7 Å². The summed E-state index contributed by atoms with van der Waals surface area (Å²) in [6.45, 7) is 0. The van der Waals surface area contributed by atoms with Crippen LogP contribution in [0.3, 0.4) is 0 Å². The van der Waals surface area contributed by atoms with Crippen LogP contribution >= 0.6 is 0 Å². The molecule has 0 spiro atoms. The third-order valence-electron chi connectivity index (χ3n) is 3.40. The van der Waals surface area contributed by atoms with Crippen LogP contribution in [0.5, 0.6) is 0 Å². The summed E-state index contributed by atoms with van der Waals surface area (Å²) >= 11 is 0. The molecule has 0 atom stereocenters. The van der Waals surface area contributed by atoms with Crippen molar-refractivity contribution < 1.29 is 0 Å². The smallest absolute Gasteiger partial charge is 0.199 e. The Labute approximate surface area is 140 Å². The van der Waals surface area contributed by atoms with Gasteiger partial charge >= 0.3 is 0 Å². The van der Waals surface area contributed by atoms with Gasteiger partial charge in [-0.05, 0) is 29.8 Å². The summed E-state index contributed by atoms with van der Waals surface area (Å²) in [5, 5.41) is 12.0. The first-order valence-corrected chi connectivity index (χ1v) is 7.38. The zero-order valence-electron chi connectivity index (χ0n) is 12.8. The van der Waals surface area contributed by atoms with Crippen LogP contribution in [0.4, 0.5) is 11.5 Å². The van der Waals surface area contributed by atoms with Gasteiger partial charge in [0, 0.05) is 11.8 Å². The molecule has 1 heterocycles. The van der Waals surface area contributed by atoms with Crippen LogP contribution in [0, 0.1) is 11.3 Å². The van der Waals surface area contributed by atoms with Gasteiger partial charge in [-0.2, -0.15) is 10.3 Å². The molecule has 3 aromatic rings. The van der Waals surface area contributed by atoms with Crippen molar-refractivity contribution in [1.29, 1.82) is 5.26 Å². The second-order valence-corrected chi connectivity index (χ2v) is 5.05. The molecule has 0 fully saturated rings. The summed E-state index contributed by atoms with van der Waals surface area (Å²) in [7, 11) is 0. The lowest BCUT2D eigenvalue weighted by atomic mass is 10.1. The molecule has 5 heteroatoms. The summed E-state index contributed by atoms with van der Waals surface area (Å²) in [5.74, 6) is 0.673. The third-order valence-corrected chi connectivity index (χ3v) is 3.40. The Morgan fingerprint density at radius 2 is 1.71 bits per heavy atom. The highest BCUT2D eigenvalue weighted by atomic mass is 15.1. The summed E-state index contributed by atoms with van der Waals surface area (Å²) in [6.07, 6.45) is 1.75. The van der Waals surface area contributed by atoms with Crippen LogP contribution in [-0.2, 0) is 0 Å². The van der Waals surface area contributed by atoms with Crippen LogP contribution in [0.15, 0.2) is 77.9 Å². The largest absolute Gasteiger partial charge is 0.369 e. The number of rotatable bonds is 3. The molecule has 0 radical (unpaired) electrons. The average Bonchev–Trinajstić information content (AvgIpc) is 2.63. The molecule has 5 nitrogen and oxygen atoms in total. The third kappa shape index (κ3) is 3.57. The van der Waals surface area contributed by atoms with Gasteiger partial charge < -0.3 is 11.1 Å². The lowest BCUT2D eigenvalue weighted by molar-refractivity contribution is 1.26. The fourth-order valence-electron chi connectivity index (χ4n) is 2.23. The predicted molar refractivity (Wildman–Crippen MR) is 95.7 cm³/mol. The molecule has 24 heavy (non-hydrogen) atoms. The van der Waals surface area contributed by atoms with Crippen molar-refractivity contribution in [3.05, 3.63) is 78.5 Å². The van der Waals surface area contributed by atoms with E-state index in [9.17, 15) is 0 Å². The SMILES string of the molecule is N#Cc1ccccc1NC(N)=Nc1ccc(-c2ccccc2)cn1. The minimum atomic E-state index is 0.178. The van der Waals surface area contributed by atoms with E-state index in [0.29, 0.717) is 17.1 Å². The lowest BCUT2D eigenvalue weighted by Gasteiger charge is -2.07. The van der Waals surface area contributed by atoms with E-state index in [2.05, 4.69) is 21.4 Å². The van der Waals surface area contributed by atoms with Crippen LogP contribution in [0.25, 0.3) is 11.1 Å². The number of nitriles is 1. The molecule has 3 N–H and O–H groups in total. The molecule has 2 aromatic carbocycles. The maximum atomic E-state index is 9.08. The number of nitrogens with one attached hydrogen (secondary N) is 1. The van der Waals surface area contributed by atoms with E-state index in [-0.39, 0.29) is 5.96 Å². The number of aliphatic imine (C=N–C) groups is 1. The van der Waals surface area contributed by atoms with Gasteiger partial charge in [-0.3, -0.25) is 0 Å². The van der Waals surface area contributed by atoms with E-state index in [0.717, 1.165) is 11.1 Å². The molecular weight excluding hydrogens is 298 g/mol. The van der Waals surface area contributed by atoms with Gasteiger partial charge in [0.05, 0.1) is 11.3 Å². The van der Waals surface area contributed by atoms with Crippen LogP contribution in [0.1, 0.15) is 5.56 Å². The summed E-state index contributed by atoms with van der Waals surface area (Å²) in [6, 6.07) is 22.9. The Bertz CT molecular complexity index is 893. The second kappa shape index (κ2) is 7.07. The number of hydrogen-bond acceptors (Lipinski definition) is 3. The molecule has 116 valence electrons. The Kier molecular flexibility index (Phi) is 4.50.